The van der Waals surface area contributed by atoms with Gasteiger partial charge in [-0.05, 0) is 49.9 Å². The van der Waals surface area contributed by atoms with Crippen LogP contribution in [0.15, 0.2) is 24.3 Å². The Kier molecular flexibility index (Phi) is 4.61. The zero-order valence-electron chi connectivity index (χ0n) is 15.0. The number of piperidine rings is 1. The molecule has 0 spiro atoms. The van der Waals surface area contributed by atoms with E-state index < -0.39 is 0 Å². The van der Waals surface area contributed by atoms with Gasteiger partial charge in [-0.2, -0.15) is 5.10 Å². The van der Waals surface area contributed by atoms with E-state index in [1.807, 2.05) is 12.1 Å². The molecule has 1 fully saturated rings. The predicted octanol–water partition coefficient (Wildman–Crippen LogP) is 2.04. The number of benzene rings is 1. The maximum Gasteiger partial charge on any atom is 0.272 e. The second-order valence-corrected chi connectivity index (χ2v) is 6.81. The monoisotopic (exact) mass is 340 g/mol. The Morgan fingerprint density at radius 3 is 2.40 bits per heavy atom. The first-order valence-corrected chi connectivity index (χ1v) is 8.57. The minimum absolute atomic E-state index is 0.0481. The molecule has 2 heterocycles. The third kappa shape index (κ3) is 3.43. The molecule has 0 saturated carbocycles. The Bertz CT molecular complexity index is 817. The van der Waals surface area contributed by atoms with Gasteiger partial charge in [-0.25, -0.2) is 0 Å². The van der Waals surface area contributed by atoms with Crippen molar-refractivity contribution in [2.24, 2.45) is 18.7 Å². The van der Waals surface area contributed by atoms with Crippen molar-refractivity contribution in [3.63, 3.8) is 0 Å². The highest BCUT2D eigenvalue weighted by molar-refractivity contribution is 5.94. The molecule has 2 N–H and O–H groups in total. The van der Waals surface area contributed by atoms with Crippen LogP contribution in [0.5, 0.6) is 0 Å². The van der Waals surface area contributed by atoms with Crippen LogP contribution in [0.4, 0.5) is 0 Å². The molecule has 0 bridgehead atoms. The third-order valence-electron chi connectivity index (χ3n) is 5.09. The molecule has 0 radical (unpaired) electrons. The lowest BCUT2D eigenvalue weighted by molar-refractivity contribution is -0.123. The van der Waals surface area contributed by atoms with Gasteiger partial charge in [0.05, 0.1) is 5.69 Å². The Morgan fingerprint density at radius 1 is 1.12 bits per heavy atom. The highest BCUT2D eigenvalue weighted by Crippen LogP contribution is 2.24. The summed E-state index contributed by atoms with van der Waals surface area (Å²) in [6.07, 6.45) is 1.26. The molecule has 6 heteroatoms. The first-order chi connectivity index (χ1) is 11.9. The van der Waals surface area contributed by atoms with E-state index in [0.29, 0.717) is 31.6 Å². The zero-order chi connectivity index (χ0) is 18.1. The van der Waals surface area contributed by atoms with Crippen molar-refractivity contribution >= 4 is 11.8 Å². The molecule has 1 aliphatic rings. The van der Waals surface area contributed by atoms with Gasteiger partial charge >= 0.3 is 0 Å². The van der Waals surface area contributed by atoms with Gasteiger partial charge in [-0.15, -0.1) is 0 Å². The van der Waals surface area contributed by atoms with Crippen molar-refractivity contribution in [2.75, 3.05) is 13.1 Å². The average Bonchev–Trinajstić information content (AvgIpc) is 2.98. The highest BCUT2D eigenvalue weighted by atomic mass is 16.2. The van der Waals surface area contributed by atoms with Gasteiger partial charge in [-0.1, -0.05) is 12.1 Å². The molecular formula is C19H24N4O2. The number of nitrogens with zero attached hydrogens (tertiary/aromatic N) is 3. The van der Waals surface area contributed by atoms with Gasteiger partial charge in [0.25, 0.3) is 5.91 Å². The zero-order valence-corrected chi connectivity index (χ0v) is 15.0. The van der Waals surface area contributed by atoms with Crippen molar-refractivity contribution in [1.82, 2.24) is 14.7 Å². The molecule has 1 saturated heterocycles. The van der Waals surface area contributed by atoms with E-state index in [1.54, 1.807) is 16.6 Å². The van der Waals surface area contributed by atoms with Crippen LogP contribution in [0.2, 0.25) is 0 Å². The summed E-state index contributed by atoms with van der Waals surface area (Å²) in [7, 11) is 1.79. The molecule has 1 aromatic heterocycles. The summed E-state index contributed by atoms with van der Waals surface area (Å²) in [6.45, 7) is 5.24. The van der Waals surface area contributed by atoms with E-state index in [4.69, 9.17) is 5.73 Å². The summed E-state index contributed by atoms with van der Waals surface area (Å²) in [6, 6.07) is 8.02. The number of rotatable bonds is 3. The van der Waals surface area contributed by atoms with Crippen LogP contribution in [0.25, 0.3) is 11.3 Å². The number of nitrogens with two attached hydrogens (primary N) is 1. The first kappa shape index (κ1) is 17.2. The number of carbonyl (C=O) groups is 2. The van der Waals surface area contributed by atoms with Crippen LogP contribution in [-0.4, -0.2) is 39.6 Å². The quantitative estimate of drug-likeness (QED) is 0.928. The maximum atomic E-state index is 12.8. The van der Waals surface area contributed by atoms with Crippen molar-refractivity contribution in [1.29, 1.82) is 0 Å². The highest BCUT2D eigenvalue weighted by Gasteiger charge is 2.28. The summed E-state index contributed by atoms with van der Waals surface area (Å²) in [5.41, 5.74) is 10.1. The number of aromatic nitrogens is 2. The number of hydrogen-bond acceptors (Lipinski definition) is 3. The van der Waals surface area contributed by atoms with E-state index in [1.165, 1.54) is 11.1 Å². The smallest absolute Gasteiger partial charge is 0.272 e. The number of carbonyl (C=O) groups excluding carboxylic acids is 2. The Labute approximate surface area is 147 Å². The Morgan fingerprint density at radius 2 is 1.80 bits per heavy atom. The summed E-state index contributed by atoms with van der Waals surface area (Å²) < 4.78 is 1.63. The van der Waals surface area contributed by atoms with Crippen molar-refractivity contribution in [3.05, 3.63) is 41.1 Å². The fourth-order valence-electron chi connectivity index (χ4n) is 3.24. The standard InChI is InChI=1S/C19H24N4O2/c1-12-4-5-15(10-13(12)2)16-11-17(22(3)21-16)19(25)23-8-6-14(7-9-23)18(20)24/h4-5,10-11,14H,6-9H2,1-3H3,(H2,20,24). The van der Waals surface area contributed by atoms with Crippen LogP contribution < -0.4 is 5.73 Å². The fourth-order valence-corrected chi connectivity index (χ4v) is 3.24. The van der Waals surface area contributed by atoms with E-state index in [-0.39, 0.29) is 17.7 Å². The molecule has 0 atom stereocenters. The van der Waals surface area contributed by atoms with Gasteiger partial charge in [-0.3, -0.25) is 14.3 Å². The summed E-state index contributed by atoms with van der Waals surface area (Å²) in [5, 5.41) is 4.51. The van der Waals surface area contributed by atoms with Crippen LogP contribution in [-0.2, 0) is 11.8 Å². The SMILES string of the molecule is Cc1ccc(-c2cc(C(=O)N3CCC(C(N)=O)CC3)n(C)n2)cc1C. The van der Waals surface area contributed by atoms with Crippen LogP contribution >= 0.6 is 0 Å². The topological polar surface area (TPSA) is 81.2 Å². The van der Waals surface area contributed by atoms with Gasteiger partial charge in [0, 0.05) is 31.6 Å². The summed E-state index contributed by atoms with van der Waals surface area (Å²) in [5.74, 6) is -0.445. The number of likely N-dealkylation sites (tertiary alicyclic amines) is 1. The molecule has 132 valence electrons. The minimum atomic E-state index is -0.273. The van der Waals surface area contributed by atoms with Gasteiger partial charge in [0.1, 0.15) is 5.69 Å². The Balaban J connectivity index is 1.79. The lowest BCUT2D eigenvalue weighted by atomic mass is 9.96. The molecule has 1 aromatic carbocycles. The normalized spacial score (nSPS) is 15.4. The first-order valence-electron chi connectivity index (χ1n) is 8.57. The molecule has 2 amide bonds. The summed E-state index contributed by atoms with van der Waals surface area (Å²) >= 11 is 0. The van der Waals surface area contributed by atoms with E-state index in [0.717, 1.165) is 11.3 Å². The molecule has 0 unspecified atom stereocenters. The van der Waals surface area contributed by atoms with E-state index in [9.17, 15) is 9.59 Å². The molecular weight excluding hydrogens is 316 g/mol. The molecule has 1 aliphatic heterocycles. The molecule has 0 aliphatic carbocycles. The number of primary amides is 1. The molecule has 25 heavy (non-hydrogen) atoms. The third-order valence-corrected chi connectivity index (χ3v) is 5.09. The summed E-state index contributed by atoms with van der Waals surface area (Å²) in [4.78, 5) is 25.9. The Hall–Kier alpha value is -2.63. The van der Waals surface area contributed by atoms with Gasteiger partial charge in [0.15, 0.2) is 0 Å². The fraction of sp³-hybridized carbons (Fsp3) is 0.421. The van der Waals surface area contributed by atoms with Crippen molar-refractivity contribution in [3.8, 4) is 11.3 Å². The van der Waals surface area contributed by atoms with Gasteiger partial charge < -0.3 is 10.6 Å². The lowest BCUT2D eigenvalue weighted by Gasteiger charge is -2.30. The number of hydrogen-bond donors (Lipinski definition) is 1. The lowest BCUT2D eigenvalue weighted by Crippen LogP contribution is -2.42. The second-order valence-electron chi connectivity index (χ2n) is 6.81. The van der Waals surface area contributed by atoms with Crippen LogP contribution in [0, 0.1) is 19.8 Å². The van der Waals surface area contributed by atoms with Crippen molar-refractivity contribution < 1.29 is 9.59 Å². The second kappa shape index (κ2) is 6.70. The van der Waals surface area contributed by atoms with Gasteiger partial charge in [0.2, 0.25) is 5.91 Å². The predicted molar refractivity (Wildman–Crippen MR) is 95.9 cm³/mol. The number of aryl methyl sites for hydroxylation is 3. The maximum absolute atomic E-state index is 12.8. The number of amides is 2. The molecule has 3 rings (SSSR count). The van der Waals surface area contributed by atoms with E-state index >= 15 is 0 Å². The molecule has 6 nitrogen and oxygen atoms in total. The average molecular weight is 340 g/mol. The largest absolute Gasteiger partial charge is 0.369 e. The van der Waals surface area contributed by atoms with E-state index in [2.05, 4.69) is 31.1 Å². The minimum Gasteiger partial charge on any atom is -0.369 e. The van der Waals surface area contributed by atoms with Crippen molar-refractivity contribution in [2.45, 2.75) is 26.7 Å². The van der Waals surface area contributed by atoms with Crippen LogP contribution in [0.3, 0.4) is 0 Å². The molecule has 2 aromatic rings. The van der Waals surface area contributed by atoms with Crippen LogP contribution in [0.1, 0.15) is 34.5 Å².